The van der Waals surface area contributed by atoms with Crippen LogP contribution in [0.5, 0.6) is 0 Å². The molecule has 122 valence electrons. The lowest BCUT2D eigenvalue weighted by Crippen LogP contribution is -2.31. The Morgan fingerprint density at radius 1 is 1.32 bits per heavy atom. The number of aliphatic hydroxyl groups is 1. The van der Waals surface area contributed by atoms with Crippen LogP contribution in [0.1, 0.15) is 13.3 Å². The number of benzene rings is 1. The molecule has 6 nitrogen and oxygen atoms in total. The summed E-state index contributed by atoms with van der Waals surface area (Å²) in [5.41, 5.74) is 0. The number of nitrogens with zero attached hydrogens (tertiary/aromatic N) is 1. The minimum atomic E-state index is -3.46. The van der Waals surface area contributed by atoms with Crippen LogP contribution in [0, 0.1) is 0 Å². The summed E-state index contributed by atoms with van der Waals surface area (Å²) in [4.78, 5) is 13.8. The van der Waals surface area contributed by atoms with Crippen molar-refractivity contribution in [2.24, 2.45) is 0 Å². The first-order chi connectivity index (χ1) is 10.4. The molecule has 7 heteroatoms. The summed E-state index contributed by atoms with van der Waals surface area (Å²) in [6.07, 6.45) is -1.20. The number of hydrogen-bond donors (Lipinski definition) is 1. The Kier molecular flexibility index (Phi) is 5.55. The van der Waals surface area contributed by atoms with Crippen molar-refractivity contribution in [3.63, 3.8) is 0 Å². The van der Waals surface area contributed by atoms with Gasteiger partial charge in [-0.2, -0.15) is 0 Å². The molecule has 1 aromatic rings. The standard InChI is InChI=1S/C15H21NO5S/c1-2-21-14-11-16(10-13(14)17)15(18)8-9-22(19,20)12-6-4-3-5-7-12/h3-7,13-14,17H,2,8-11H2,1H3/t13-,14-/m0/s1. The van der Waals surface area contributed by atoms with Gasteiger partial charge < -0.3 is 14.7 Å². The quantitative estimate of drug-likeness (QED) is 0.820. The van der Waals surface area contributed by atoms with Gasteiger partial charge in [0, 0.05) is 26.1 Å². The van der Waals surface area contributed by atoms with E-state index in [-0.39, 0.29) is 35.6 Å². The zero-order valence-electron chi connectivity index (χ0n) is 12.5. The first-order valence-electron chi connectivity index (χ1n) is 7.29. The maximum absolute atomic E-state index is 12.1. The van der Waals surface area contributed by atoms with E-state index in [1.165, 1.54) is 17.0 Å². The van der Waals surface area contributed by atoms with E-state index < -0.39 is 15.9 Å². The lowest BCUT2D eigenvalue weighted by Gasteiger charge is -2.16. The van der Waals surface area contributed by atoms with Crippen molar-refractivity contribution in [2.45, 2.75) is 30.4 Å². The molecule has 1 aliphatic heterocycles. The molecule has 0 spiro atoms. The lowest BCUT2D eigenvalue weighted by atomic mass is 10.3. The molecule has 0 saturated carbocycles. The number of rotatable bonds is 6. The predicted molar refractivity (Wildman–Crippen MR) is 81.1 cm³/mol. The number of carbonyl (C=O) groups excluding carboxylic acids is 1. The largest absolute Gasteiger partial charge is 0.388 e. The normalized spacial score (nSPS) is 22.0. The van der Waals surface area contributed by atoms with Gasteiger partial charge in [-0.25, -0.2) is 8.42 Å². The number of carbonyl (C=O) groups is 1. The van der Waals surface area contributed by atoms with E-state index in [2.05, 4.69) is 0 Å². The van der Waals surface area contributed by atoms with Crippen LogP contribution in [0.3, 0.4) is 0 Å². The second-order valence-corrected chi connectivity index (χ2v) is 7.35. The van der Waals surface area contributed by atoms with Gasteiger partial charge in [0.25, 0.3) is 0 Å². The molecule has 2 atom stereocenters. The molecule has 0 bridgehead atoms. The highest BCUT2D eigenvalue weighted by Gasteiger charge is 2.34. The minimum Gasteiger partial charge on any atom is -0.388 e. The molecule has 1 aromatic carbocycles. The summed E-state index contributed by atoms with van der Waals surface area (Å²) < 4.78 is 29.6. The van der Waals surface area contributed by atoms with Crippen molar-refractivity contribution in [3.05, 3.63) is 30.3 Å². The van der Waals surface area contributed by atoms with Gasteiger partial charge in [0.1, 0.15) is 6.10 Å². The highest BCUT2D eigenvalue weighted by molar-refractivity contribution is 7.91. The van der Waals surface area contributed by atoms with E-state index in [1.807, 2.05) is 6.92 Å². The highest BCUT2D eigenvalue weighted by atomic mass is 32.2. The van der Waals surface area contributed by atoms with Crippen LogP contribution in [0.25, 0.3) is 0 Å². The van der Waals surface area contributed by atoms with Gasteiger partial charge in [-0.3, -0.25) is 4.79 Å². The zero-order valence-corrected chi connectivity index (χ0v) is 13.3. The van der Waals surface area contributed by atoms with Crippen LogP contribution in [-0.4, -0.2) is 62.0 Å². The molecule has 22 heavy (non-hydrogen) atoms. The van der Waals surface area contributed by atoms with E-state index >= 15 is 0 Å². The molecule has 0 aliphatic carbocycles. The molecule has 1 fully saturated rings. The second-order valence-electron chi connectivity index (χ2n) is 5.24. The third-order valence-corrected chi connectivity index (χ3v) is 5.39. The van der Waals surface area contributed by atoms with E-state index in [0.29, 0.717) is 13.2 Å². The first kappa shape index (κ1) is 16.9. The molecular weight excluding hydrogens is 306 g/mol. The van der Waals surface area contributed by atoms with Gasteiger partial charge in [-0.1, -0.05) is 18.2 Å². The summed E-state index contributed by atoms with van der Waals surface area (Å²) in [6.45, 7) is 2.78. The number of ether oxygens (including phenoxy) is 1. The molecule has 1 aliphatic rings. The number of aliphatic hydroxyl groups excluding tert-OH is 1. The monoisotopic (exact) mass is 327 g/mol. The average molecular weight is 327 g/mol. The number of amides is 1. The van der Waals surface area contributed by atoms with Gasteiger partial charge in [0.2, 0.25) is 5.91 Å². The van der Waals surface area contributed by atoms with Crippen LogP contribution in [0.4, 0.5) is 0 Å². The molecular formula is C15H21NO5S. The van der Waals surface area contributed by atoms with Gasteiger partial charge >= 0.3 is 0 Å². The summed E-state index contributed by atoms with van der Waals surface area (Å²) in [5, 5.41) is 9.81. The third kappa shape index (κ3) is 4.06. The van der Waals surface area contributed by atoms with Crippen LogP contribution in [0.15, 0.2) is 35.2 Å². The fourth-order valence-electron chi connectivity index (χ4n) is 2.46. The lowest BCUT2D eigenvalue weighted by molar-refractivity contribution is -0.130. The number of hydrogen-bond acceptors (Lipinski definition) is 5. The Bertz CT molecular complexity index is 602. The van der Waals surface area contributed by atoms with Crippen LogP contribution < -0.4 is 0 Å². The maximum Gasteiger partial charge on any atom is 0.223 e. The van der Waals surface area contributed by atoms with Gasteiger partial charge in [-0.05, 0) is 19.1 Å². The molecule has 2 rings (SSSR count). The topological polar surface area (TPSA) is 83.9 Å². The molecule has 1 N–H and O–H groups in total. The molecule has 1 amide bonds. The molecule has 0 unspecified atom stereocenters. The fraction of sp³-hybridized carbons (Fsp3) is 0.533. The van der Waals surface area contributed by atoms with E-state index in [9.17, 15) is 18.3 Å². The number of sulfone groups is 1. The van der Waals surface area contributed by atoms with E-state index in [4.69, 9.17) is 4.74 Å². The highest BCUT2D eigenvalue weighted by Crippen LogP contribution is 2.16. The Morgan fingerprint density at radius 2 is 2.00 bits per heavy atom. The van der Waals surface area contributed by atoms with Crippen molar-refractivity contribution in [2.75, 3.05) is 25.4 Å². The van der Waals surface area contributed by atoms with Crippen LogP contribution in [0.2, 0.25) is 0 Å². The van der Waals surface area contributed by atoms with Gasteiger partial charge in [0.15, 0.2) is 9.84 Å². The van der Waals surface area contributed by atoms with Crippen LogP contribution in [-0.2, 0) is 19.4 Å². The van der Waals surface area contributed by atoms with Crippen molar-refractivity contribution in [1.29, 1.82) is 0 Å². The molecule has 0 aromatic heterocycles. The smallest absolute Gasteiger partial charge is 0.223 e. The van der Waals surface area contributed by atoms with E-state index in [1.54, 1.807) is 18.2 Å². The second kappa shape index (κ2) is 7.21. The summed E-state index contributed by atoms with van der Waals surface area (Å²) in [5.74, 6) is -0.511. The SMILES string of the molecule is CCO[C@H]1CN(C(=O)CCS(=O)(=O)c2ccccc2)C[C@@H]1O. The minimum absolute atomic E-state index is 0.0945. The van der Waals surface area contributed by atoms with Crippen molar-refractivity contribution in [3.8, 4) is 0 Å². The Labute approximate surface area is 130 Å². The molecule has 1 saturated heterocycles. The summed E-state index contributed by atoms with van der Waals surface area (Å²) in [6, 6.07) is 8.08. The Balaban J connectivity index is 1.91. The average Bonchev–Trinajstić information content (AvgIpc) is 2.87. The van der Waals surface area contributed by atoms with Gasteiger partial charge in [0.05, 0.1) is 16.8 Å². The predicted octanol–water partition coefficient (Wildman–Crippen LogP) is 0.459. The number of likely N-dealkylation sites (tertiary alicyclic amines) is 1. The van der Waals surface area contributed by atoms with Gasteiger partial charge in [-0.15, -0.1) is 0 Å². The summed E-state index contributed by atoms with van der Waals surface area (Å²) >= 11 is 0. The Hall–Kier alpha value is -1.44. The van der Waals surface area contributed by atoms with Crippen molar-refractivity contribution >= 4 is 15.7 Å². The first-order valence-corrected chi connectivity index (χ1v) is 8.94. The summed E-state index contributed by atoms with van der Waals surface area (Å²) in [7, 11) is -3.46. The molecule has 0 radical (unpaired) electrons. The van der Waals surface area contributed by atoms with E-state index in [0.717, 1.165) is 0 Å². The maximum atomic E-state index is 12.1. The Morgan fingerprint density at radius 3 is 2.64 bits per heavy atom. The fourth-order valence-corrected chi connectivity index (χ4v) is 3.71. The van der Waals surface area contributed by atoms with Crippen LogP contribution >= 0.6 is 0 Å². The third-order valence-electron chi connectivity index (χ3n) is 3.66. The molecule has 1 heterocycles. The van der Waals surface area contributed by atoms with Crippen molar-refractivity contribution in [1.82, 2.24) is 4.90 Å². The number of β-amino-alcohol motifs (C(OH)–C–C–N with tert-alkyl or cyclic N) is 1. The van der Waals surface area contributed by atoms with Crippen molar-refractivity contribution < 1.29 is 23.1 Å². The zero-order chi connectivity index (χ0) is 16.2.